The quantitative estimate of drug-likeness (QED) is 0.0718. The van der Waals surface area contributed by atoms with Gasteiger partial charge in [0.2, 0.25) is 0 Å². The number of carbonyl (C=O) groups is 1. The number of methoxy groups -OCH3 is 1. The lowest BCUT2D eigenvalue weighted by Crippen LogP contribution is -2.54. The summed E-state index contributed by atoms with van der Waals surface area (Å²) < 4.78 is 22.9. The molecule has 15 nitrogen and oxygen atoms in total. The smallest absolute Gasteiger partial charge is 0.123 e. The highest BCUT2D eigenvalue weighted by Crippen LogP contribution is 2.39. The molecule has 15 heteroatoms. The Kier molecular flexibility index (Phi) is 17.1. The molecule has 0 saturated heterocycles. The van der Waals surface area contributed by atoms with Crippen LogP contribution in [-0.4, -0.2) is 172 Å². The van der Waals surface area contributed by atoms with E-state index in [2.05, 4.69) is 0 Å². The predicted molar refractivity (Wildman–Crippen MR) is 184 cm³/mol. The predicted octanol–water partition coefficient (Wildman–Crippen LogP) is -2.06. The molecule has 0 aromatic heterocycles. The molecule has 0 radical (unpaired) electrons. The molecule has 0 spiro atoms. The van der Waals surface area contributed by atoms with E-state index in [1.54, 1.807) is 0 Å². The molecule has 52 heavy (non-hydrogen) atoms. The number of ether oxygens (including phenoxy) is 4. The van der Waals surface area contributed by atoms with Crippen LogP contribution in [0.15, 0.2) is 0 Å². The Morgan fingerprint density at radius 3 is 1.50 bits per heavy atom. The zero-order valence-corrected chi connectivity index (χ0v) is 30.8. The highest BCUT2D eigenvalue weighted by Gasteiger charge is 2.47. The largest absolute Gasteiger partial charge is 0.396 e. The molecule has 20 unspecified atom stereocenters. The van der Waals surface area contributed by atoms with Crippen molar-refractivity contribution in [3.63, 3.8) is 0 Å². The van der Waals surface area contributed by atoms with Gasteiger partial charge in [-0.2, -0.15) is 0 Å². The van der Waals surface area contributed by atoms with Crippen LogP contribution in [0.5, 0.6) is 0 Å². The first-order valence-electron chi connectivity index (χ1n) is 19.2. The molecule has 4 rings (SSSR count). The lowest BCUT2D eigenvalue weighted by atomic mass is 9.70. The molecule has 0 amide bonds. The van der Waals surface area contributed by atoms with Crippen LogP contribution in [0.25, 0.3) is 0 Å². The van der Waals surface area contributed by atoms with Crippen LogP contribution in [0.2, 0.25) is 0 Å². The van der Waals surface area contributed by atoms with E-state index in [1.165, 1.54) is 7.11 Å². The first kappa shape index (κ1) is 43.8. The number of aldehydes is 1. The van der Waals surface area contributed by atoms with Crippen LogP contribution >= 0.6 is 0 Å². The summed E-state index contributed by atoms with van der Waals surface area (Å²) in [5, 5.41) is 106. The number of aliphatic hydroxyl groups excluding tert-OH is 10. The molecule has 0 aliphatic heterocycles. The second-order valence-corrected chi connectivity index (χ2v) is 16.3. The molecule has 304 valence electrons. The fraction of sp³-hybridized carbons (Fsp3) is 0.973. The Hall–Kier alpha value is -0.890. The van der Waals surface area contributed by atoms with E-state index in [4.69, 9.17) is 18.9 Å². The fourth-order valence-electron chi connectivity index (χ4n) is 9.55. The highest BCUT2D eigenvalue weighted by molar-refractivity contribution is 5.54. The zero-order valence-electron chi connectivity index (χ0n) is 30.8. The first-order chi connectivity index (χ1) is 24.8. The minimum atomic E-state index is -1.31. The monoisotopic (exact) mass is 750 g/mol. The summed E-state index contributed by atoms with van der Waals surface area (Å²) in [6.07, 6.45) is -6.50. The van der Waals surface area contributed by atoms with Crippen molar-refractivity contribution in [2.45, 2.75) is 101 Å². The van der Waals surface area contributed by atoms with Crippen molar-refractivity contribution in [1.82, 2.24) is 0 Å². The van der Waals surface area contributed by atoms with E-state index >= 15 is 0 Å². The van der Waals surface area contributed by atoms with Gasteiger partial charge >= 0.3 is 0 Å². The number of rotatable bonds is 17. The highest BCUT2D eigenvalue weighted by atomic mass is 16.5. The lowest BCUT2D eigenvalue weighted by Gasteiger charge is -2.44. The number of aliphatic hydroxyl groups is 10. The van der Waals surface area contributed by atoms with E-state index in [0.717, 1.165) is 19.1 Å². The molecule has 0 aromatic rings. The van der Waals surface area contributed by atoms with Crippen LogP contribution in [0, 0.1) is 65.1 Å². The molecule has 4 aliphatic carbocycles. The lowest BCUT2D eigenvalue weighted by molar-refractivity contribution is -0.172. The molecule has 4 fully saturated rings. The van der Waals surface area contributed by atoms with Crippen LogP contribution in [-0.2, 0) is 23.7 Å². The maximum atomic E-state index is 12.1. The van der Waals surface area contributed by atoms with E-state index in [0.29, 0.717) is 12.8 Å². The van der Waals surface area contributed by atoms with Crippen LogP contribution < -0.4 is 0 Å². The van der Waals surface area contributed by atoms with Crippen LogP contribution in [0.4, 0.5) is 0 Å². The summed E-state index contributed by atoms with van der Waals surface area (Å²) in [7, 11) is 1.36. The van der Waals surface area contributed by atoms with E-state index in [-0.39, 0.29) is 77.0 Å². The van der Waals surface area contributed by atoms with Gasteiger partial charge in [0.15, 0.2) is 0 Å². The van der Waals surface area contributed by atoms with E-state index in [1.807, 2.05) is 13.8 Å². The Labute approximate surface area is 306 Å². The Balaban J connectivity index is 1.24. The molecule has 0 bridgehead atoms. The Bertz CT molecular complexity index is 1050. The Morgan fingerprint density at radius 2 is 0.962 bits per heavy atom. The first-order valence-corrected chi connectivity index (χ1v) is 19.2. The van der Waals surface area contributed by atoms with Crippen molar-refractivity contribution >= 4 is 6.29 Å². The van der Waals surface area contributed by atoms with Gasteiger partial charge in [-0.25, -0.2) is 0 Å². The van der Waals surface area contributed by atoms with Crippen molar-refractivity contribution in [2.24, 2.45) is 65.1 Å². The summed E-state index contributed by atoms with van der Waals surface area (Å²) in [6, 6.07) is 0. The molecule has 0 heterocycles. The second kappa shape index (κ2) is 20.3. The van der Waals surface area contributed by atoms with E-state index < -0.39 is 102 Å². The van der Waals surface area contributed by atoms with Crippen LogP contribution in [0.1, 0.15) is 46.0 Å². The van der Waals surface area contributed by atoms with Gasteiger partial charge in [-0.1, -0.05) is 20.3 Å². The summed E-state index contributed by atoms with van der Waals surface area (Å²) in [5.74, 6) is -4.55. The van der Waals surface area contributed by atoms with Gasteiger partial charge < -0.3 is 74.8 Å². The van der Waals surface area contributed by atoms with E-state index in [9.17, 15) is 55.9 Å². The summed E-state index contributed by atoms with van der Waals surface area (Å²) in [5.41, 5.74) is 0. The van der Waals surface area contributed by atoms with Gasteiger partial charge in [-0.3, -0.25) is 0 Å². The molecule has 4 aliphatic rings. The molecule has 0 aromatic carbocycles. The van der Waals surface area contributed by atoms with Gasteiger partial charge in [-0.05, 0) is 43.4 Å². The third-order valence-electron chi connectivity index (χ3n) is 13.2. The molecule has 10 N–H and O–H groups in total. The van der Waals surface area contributed by atoms with Crippen molar-refractivity contribution < 1.29 is 74.8 Å². The molecular weight excluding hydrogens is 684 g/mol. The van der Waals surface area contributed by atoms with Gasteiger partial charge in [0, 0.05) is 67.7 Å². The fourth-order valence-corrected chi connectivity index (χ4v) is 9.55. The third-order valence-corrected chi connectivity index (χ3v) is 13.2. The van der Waals surface area contributed by atoms with Crippen molar-refractivity contribution in [3.05, 3.63) is 0 Å². The number of carbonyl (C=O) groups excluding carboxylic acids is 1. The standard InChI is InChI=1S/C37H66O15/c1-4-19-5-18(2)26(34(46)29(19)41)15-50-12-23-6-20(9-38)27(35(47)30(23)42)16-51-13-24-7-21(10-39)28(36(48)31(24)43)17-52-14-25-8-22(11-40)32(44)37(49-3)33(25)45/h10,18-38,40-48H,4-9,11-17H2,1-3H3. The normalized spacial score (nSPS) is 47.3. The van der Waals surface area contributed by atoms with Crippen molar-refractivity contribution in [1.29, 1.82) is 0 Å². The van der Waals surface area contributed by atoms with Crippen molar-refractivity contribution in [2.75, 3.05) is 60.0 Å². The van der Waals surface area contributed by atoms with Crippen LogP contribution in [0.3, 0.4) is 0 Å². The average Bonchev–Trinajstić information content (AvgIpc) is 3.13. The molecular formula is C37H66O15. The van der Waals surface area contributed by atoms with Gasteiger partial charge in [-0.15, -0.1) is 0 Å². The molecule has 4 saturated carbocycles. The minimum Gasteiger partial charge on any atom is -0.396 e. The maximum absolute atomic E-state index is 12.1. The third kappa shape index (κ3) is 9.91. The maximum Gasteiger partial charge on any atom is 0.123 e. The summed E-state index contributed by atoms with van der Waals surface area (Å²) in [4.78, 5) is 12.1. The van der Waals surface area contributed by atoms with Gasteiger partial charge in [0.05, 0.1) is 88.5 Å². The summed E-state index contributed by atoms with van der Waals surface area (Å²) in [6.45, 7) is 3.66. The number of hydrogen-bond donors (Lipinski definition) is 10. The average molecular weight is 751 g/mol. The topological polar surface area (TPSA) is 256 Å². The van der Waals surface area contributed by atoms with Crippen molar-refractivity contribution in [3.8, 4) is 0 Å². The SMILES string of the molecule is CCC1CC(C)C(COCC2CC(CO)C(COCC3CC(C=O)C(COCC4CC(CO)C(O)C(OC)C4O)C(O)C3O)C(O)C2O)C(O)C1O. The second-order valence-electron chi connectivity index (χ2n) is 16.3. The number of hydrogen-bond acceptors (Lipinski definition) is 15. The minimum absolute atomic E-state index is 0.0304. The zero-order chi connectivity index (χ0) is 38.3. The van der Waals surface area contributed by atoms with Gasteiger partial charge in [0.25, 0.3) is 0 Å². The molecule has 20 atom stereocenters. The van der Waals surface area contributed by atoms with Gasteiger partial charge in [0.1, 0.15) is 12.4 Å². The summed E-state index contributed by atoms with van der Waals surface area (Å²) >= 11 is 0. The Morgan fingerprint density at radius 1 is 0.519 bits per heavy atom.